The van der Waals surface area contributed by atoms with Crippen molar-refractivity contribution in [3.63, 3.8) is 0 Å². The molecule has 70 valence electrons. The summed E-state index contributed by atoms with van der Waals surface area (Å²) in [5.41, 5.74) is 0.436. The van der Waals surface area contributed by atoms with Crippen molar-refractivity contribution in [2.45, 2.75) is 26.2 Å². The van der Waals surface area contributed by atoms with Crippen LogP contribution in [-0.2, 0) is 0 Å². The van der Waals surface area contributed by atoms with Gasteiger partial charge in [0.1, 0.15) is 0 Å². The van der Waals surface area contributed by atoms with E-state index in [4.69, 9.17) is 12.2 Å². The van der Waals surface area contributed by atoms with Gasteiger partial charge in [-0.15, -0.1) is 0 Å². The lowest BCUT2D eigenvalue weighted by Gasteiger charge is -2.34. The molecule has 1 fully saturated rings. The number of rotatable bonds is 2. The number of thiocarbonyl (C=S) groups is 1. The molecule has 3 heteroatoms. The van der Waals surface area contributed by atoms with Gasteiger partial charge in [-0.3, -0.25) is 0 Å². The molecule has 2 nitrogen and oxygen atoms in total. The Kier molecular flexibility index (Phi) is 3.47. The number of piperidine rings is 1. The predicted molar refractivity (Wildman–Crippen MR) is 56.5 cm³/mol. The zero-order valence-electron chi connectivity index (χ0n) is 7.94. The number of hydrogen-bond donors (Lipinski definition) is 2. The summed E-state index contributed by atoms with van der Waals surface area (Å²) in [7, 11) is 1.91. The monoisotopic (exact) mass is 186 g/mol. The molecular weight excluding hydrogens is 168 g/mol. The van der Waals surface area contributed by atoms with Gasteiger partial charge in [-0.25, -0.2) is 0 Å². The molecule has 2 N–H and O–H groups in total. The molecule has 0 spiro atoms. The van der Waals surface area contributed by atoms with Crippen molar-refractivity contribution >= 4 is 17.2 Å². The van der Waals surface area contributed by atoms with Crippen LogP contribution in [0.1, 0.15) is 26.2 Å². The third-order valence-electron chi connectivity index (χ3n) is 2.68. The Labute approximate surface area is 80.1 Å². The van der Waals surface area contributed by atoms with Gasteiger partial charge in [0.15, 0.2) is 0 Å². The standard InChI is InChI=1S/C9H18N2S/c1-9(7-8(12)10-2)3-5-11-6-4-9/h11H,3-7H2,1-2H3,(H,10,12). The molecule has 0 saturated carbocycles. The van der Waals surface area contributed by atoms with Crippen LogP contribution in [0.25, 0.3) is 0 Å². The molecule has 0 aliphatic carbocycles. The van der Waals surface area contributed by atoms with E-state index in [2.05, 4.69) is 17.6 Å². The van der Waals surface area contributed by atoms with Crippen molar-refractivity contribution in [2.75, 3.05) is 20.1 Å². The van der Waals surface area contributed by atoms with Crippen molar-refractivity contribution < 1.29 is 0 Å². The Morgan fingerprint density at radius 1 is 1.50 bits per heavy atom. The van der Waals surface area contributed by atoms with Crippen molar-refractivity contribution in [2.24, 2.45) is 5.41 Å². The first-order valence-corrected chi connectivity index (χ1v) is 4.98. The topological polar surface area (TPSA) is 24.1 Å². The van der Waals surface area contributed by atoms with E-state index in [1.807, 2.05) is 7.05 Å². The van der Waals surface area contributed by atoms with Gasteiger partial charge in [0.05, 0.1) is 4.99 Å². The van der Waals surface area contributed by atoms with Crippen LogP contribution in [0, 0.1) is 5.41 Å². The second-order valence-corrected chi connectivity index (χ2v) is 4.40. The van der Waals surface area contributed by atoms with Gasteiger partial charge in [-0.2, -0.15) is 0 Å². The predicted octanol–water partition coefficient (Wildman–Crippen LogP) is 1.31. The quantitative estimate of drug-likeness (QED) is 0.636. The Bertz CT molecular complexity index is 162. The normalized spacial score (nSPS) is 21.8. The maximum atomic E-state index is 5.18. The minimum atomic E-state index is 0.436. The number of nitrogens with one attached hydrogen (secondary N) is 2. The van der Waals surface area contributed by atoms with Gasteiger partial charge in [-0.1, -0.05) is 19.1 Å². The lowest BCUT2D eigenvalue weighted by atomic mass is 9.78. The average Bonchev–Trinajstić information content (AvgIpc) is 2.05. The largest absolute Gasteiger partial charge is 0.383 e. The van der Waals surface area contributed by atoms with Gasteiger partial charge in [-0.05, 0) is 31.3 Å². The summed E-state index contributed by atoms with van der Waals surface area (Å²) >= 11 is 5.18. The second-order valence-electron chi connectivity index (χ2n) is 3.91. The van der Waals surface area contributed by atoms with Crippen LogP contribution in [0.5, 0.6) is 0 Å². The van der Waals surface area contributed by atoms with E-state index in [0.29, 0.717) is 5.41 Å². The molecule has 0 bridgehead atoms. The highest BCUT2D eigenvalue weighted by molar-refractivity contribution is 7.80. The average molecular weight is 186 g/mol. The van der Waals surface area contributed by atoms with Crippen molar-refractivity contribution in [1.82, 2.24) is 10.6 Å². The molecule has 1 rings (SSSR count). The van der Waals surface area contributed by atoms with Crippen molar-refractivity contribution in [3.8, 4) is 0 Å². The van der Waals surface area contributed by atoms with Crippen LogP contribution in [0.4, 0.5) is 0 Å². The number of hydrogen-bond acceptors (Lipinski definition) is 2. The van der Waals surface area contributed by atoms with Crippen LogP contribution in [0.3, 0.4) is 0 Å². The van der Waals surface area contributed by atoms with E-state index in [-0.39, 0.29) is 0 Å². The van der Waals surface area contributed by atoms with E-state index in [1.165, 1.54) is 12.8 Å². The van der Waals surface area contributed by atoms with Gasteiger partial charge >= 0.3 is 0 Å². The molecule has 1 aliphatic heterocycles. The van der Waals surface area contributed by atoms with Gasteiger partial charge in [0, 0.05) is 13.5 Å². The summed E-state index contributed by atoms with van der Waals surface area (Å²) < 4.78 is 0. The first kappa shape index (κ1) is 9.93. The lowest BCUT2D eigenvalue weighted by Crippen LogP contribution is -2.37. The fourth-order valence-corrected chi connectivity index (χ4v) is 2.03. The summed E-state index contributed by atoms with van der Waals surface area (Å²) in [6, 6.07) is 0. The fraction of sp³-hybridized carbons (Fsp3) is 0.889. The summed E-state index contributed by atoms with van der Waals surface area (Å²) in [5, 5.41) is 6.42. The van der Waals surface area contributed by atoms with Crippen LogP contribution >= 0.6 is 12.2 Å². The highest BCUT2D eigenvalue weighted by atomic mass is 32.1. The zero-order valence-corrected chi connectivity index (χ0v) is 8.76. The Morgan fingerprint density at radius 3 is 2.58 bits per heavy atom. The minimum Gasteiger partial charge on any atom is -0.383 e. The third kappa shape index (κ3) is 2.72. The van der Waals surface area contributed by atoms with Crippen LogP contribution in [-0.4, -0.2) is 25.1 Å². The first-order valence-electron chi connectivity index (χ1n) is 4.58. The van der Waals surface area contributed by atoms with Crippen LogP contribution < -0.4 is 10.6 Å². The molecule has 0 atom stereocenters. The molecule has 0 unspecified atom stereocenters. The summed E-state index contributed by atoms with van der Waals surface area (Å²) in [5.74, 6) is 0. The minimum absolute atomic E-state index is 0.436. The summed E-state index contributed by atoms with van der Waals surface area (Å²) in [4.78, 5) is 0.999. The smallest absolute Gasteiger partial charge is 0.0756 e. The highest BCUT2D eigenvalue weighted by Gasteiger charge is 2.27. The second kappa shape index (κ2) is 4.19. The van der Waals surface area contributed by atoms with E-state index in [9.17, 15) is 0 Å². The van der Waals surface area contributed by atoms with Crippen LogP contribution in [0.15, 0.2) is 0 Å². The Hall–Kier alpha value is -0.150. The van der Waals surface area contributed by atoms with E-state index in [1.54, 1.807) is 0 Å². The molecule has 0 aromatic carbocycles. The van der Waals surface area contributed by atoms with E-state index in [0.717, 1.165) is 24.5 Å². The molecule has 0 aromatic heterocycles. The molecule has 0 aromatic rings. The SMILES string of the molecule is CNC(=S)CC1(C)CCNCC1. The Morgan fingerprint density at radius 2 is 2.08 bits per heavy atom. The van der Waals surface area contributed by atoms with E-state index < -0.39 is 0 Å². The van der Waals surface area contributed by atoms with Crippen LogP contribution in [0.2, 0.25) is 0 Å². The molecule has 0 amide bonds. The van der Waals surface area contributed by atoms with Crippen molar-refractivity contribution in [3.05, 3.63) is 0 Å². The summed E-state index contributed by atoms with van der Waals surface area (Å²) in [6.07, 6.45) is 3.53. The van der Waals surface area contributed by atoms with E-state index >= 15 is 0 Å². The molecule has 0 radical (unpaired) electrons. The van der Waals surface area contributed by atoms with Gasteiger partial charge in [0.25, 0.3) is 0 Å². The molecule has 1 saturated heterocycles. The Balaban J connectivity index is 2.41. The fourth-order valence-electron chi connectivity index (χ4n) is 1.68. The maximum Gasteiger partial charge on any atom is 0.0756 e. The first-order chi connectivity index (χ1) is 5.66. The zero-order chi connectivity index (χ0) is 9.03. The molecule has 1 heterocycles. The molecule has 1 aliphatic rings. The summed E-state index contributed by atoms with van der Waals surface area (Å²) in [6.45, 7) is 4.61. The maximum absolute atomic E-state index is 5.18. The third-order valence-corrected chi connectivity index (χ3v) is 3.03. The molecule has 12 heavy (non-hydrogen) atoms. The highest BCUT2D eigenvalue weighted by Crippen LogP contribution is 2.31. The molecular formula is C9H18N2S. The van der Waals surface area contributed by atoms with Gasteiger partial charge < -0.3 is 10.6 Å². The van der Waals surface area contributed by atoms with Crippen molar-refractivity contribution in [1.29, 1.82) is 0 Å². The van der Waals surface area contributed by atoms with Gasteiger partial charge in [0.2, 0.25) is 0 Å². The lowest BCUT2D eigenvalue weighted by molar-refractivity contribution is 0.239.